The number of rotatable bonds is 5. The van der Waals surface area contributed by atoms with Crippen molar-refractivity contribution in [3.05, 3.63) is 101 Å². The number of anilines is 1. The summed E-state index contributed by atoms with van der Waals surface area (Å²) in [5.41, 5.74) is 3.26. The van der Waals surface area contributed by atoms with E-state index in [1.54, 1.807) is 12.1 Å². The third-order valence-corrected chi connectivity index (χ3v) is 4.19. The fourth-order valence-electron chi connectivity index (χ4n) is 2.92. The van der Waals surface area contributed by atoms with E-state index in [-0.39, 0.29) is 23.9 Å². The van der Waals surface area contributed by atoms with Gasteiger partial charge >= 0.3 is 0 Å². The van der Waals surface area contributed by atoms with Crippen LogP contribution < -0.4 is 5.32 Å². The molecule has 0 saturated heterocycles. The molecule has 3 heteroatoms. The number of carbonyl (C=O) groups excluding carboxylic acids is 1. The van der Waals surface area contributed by atoms with Crippen molar-refractivity contribution >= 4 is 11.6 Å². The van der Waals surface area contributed by atoms with E-state index in [9.17, 15) is 9.18 Å². The molecule has 3 aromatic rings. The second kappa shape index (κ2) is 7.75. The molecule has 25 heavy (non-hydrogen) atoms. The average molecular weight is 333 g/mol. The molecule has 0 radical (unpaired) electrons. The van der Waals surface area contributed by atoms with Gasteiger partial charge in [0.05, 0.1) is 5.69 Å². The SMILES string of the molecule is Cc1ccc(F)c(NC(=O)CC(c2ccccc2)c2ccccc2)c1. The first-order chi connectivity index (χ1) is 12.1. The summed E-state index contributed by atoms with van der Waals surface area (Å²) in [6.07, 6.45) is 0.251. The number of amides is 1. The van der Waals surface area contributed by atoms with E-state index >= 15 is 0 Å². The van der Waals surface area contributed by atoms with Gasteiger partial charge in [-0.3, -0.25) is 4.79 Å². The Morgan fingerprint density at radius 3 is 2.04 bits per heavy atom. The molecule has 0 aromatic heterocycles. The summed E-state index contributed by atoms with van der Waals surface area (Å²) in [5, 5.41) is 2.71. The number of carbonyl (C=O) groups is 1. The molecule has 0 heterocycles. The maximum absolute atomic E-state index is 13.9. The van der Waals surface area contributed by atoms with E-state index in [4.69, 9.17) is 0 Å². The van der Waals surface area contributed by atoms with Crippen LogP contribution >= 0.6 is 0 Å². The van der Waals surface area contributed by atoms with Crippen LogP contribution in [0.25, 0.3) is 0 Å². The van der Waals surface area contributed by atoms with Gasteiger partial charge in [0, 0.05) is 12.3 Å². The van der Waals surface area contributed by atoms with E-state index < -0.39 is 5.82 Å². The molecule has 0 atom stereocenters. The summed E-state index contributed by atoms with van der Waals surface area (Å²) >= 11 is 0. The number of halogens is 1. The molecular formula is C22H20FNO. The largest absolute Gasteiger partial charge is 0.324 e. The van der Waals surface area contributed by atoms with Gasteiger partial charge in [-0.15, -0.1) is 0 Å². The molecule has 1 N–H and O–H groups in total. The zero-order chi connectivity index (χ0) is 17.6. The van der Waals surface area contributed by atoms with E-state index in [1.807, 2.05) is 67.6 Å². The monoisotopic (exact) mass is 333 g/mol. The lowest BCUT2D eigenvalue weighted by molar-refractivity contribution is -0.116. The van der Waals surface area contributed by atoms with E-state index in [2.05, 4.69) is 5.32 Å². The molecule has 3 rings (SSSR count). The zero-order valence-corrected chi connectivity index (χ0v) is 14.1. The molecule has 0 saturated carbocycles. The topological polar surface area (TPSA) is 29.1 Å². The van der Waals surface area contributed by atoms with Crippen LogP contribution in [-0.4, -0.2) is 5.91 Å². The molecule has 0 aliphatic heterocycles. The van der Waals surface area contributed by atoms with Gasteiger partial charge in [0.1, 0.15) is 5.82 Å². The van der Waals surface area contributed by atoms with Crippen molar-refractivity contribution in [1.82, 2.24) is 0 Å². The Hall–Kier alpha value is -2.94. The quantitative estimate of drug-likeness (QED) is 0.675. The number of benzene rings is 3. The summed E-state index contributed by atoms with van der Waals surface area (Å²) in [4.78, 5) is 12.6. The maximum Gasteiger partial charge on any atom is 0.225 e. The van der Waals surface area contributed by atoms with Gasteiger partial charge in [0.15, 0.2) is 0 Å². The van der Waals surface area contributed by atoms with Gasteiger partial charge in [-0.25, -0.2) is 4.39 Å². The van der Waals surface area contributed by atoms with Gasteiger partial charge in [-0.05, 0) is 35.7 Å². The van der Waals surface area contributed by atoms with Crippen molar-refractivity contribution in [3.63, 3.8) is 0 Å². The maximum atomic E-state index is 13.9. The van der Waals surface area contributed by atoms with Crippen LogP contribution in [0, 0.1) is 12.7 Å². The second-order valence-electron chi connectivity index (χ2n) is 6.11. The highest BCUT2D eigenvalue weighted by Gasteiger charge is 2.18. The molecule has 126 valence electrons. The highest BCUT2D eigenvalue weighted by atomic mass is 19.1. The van der Waals surface area contributed by atoms with Crippen LogP contribution in [0.3, 0.4) is 0 Å². The summed E-state index contributed by atoms with van der Waals surface area (Å²) in [6, 6.07) is 24.5. The molecule has 0 fully saturated rings. The normalized spacial score (nSPS) is 10.7. The fraction of sp³-hybridized carbons (Fsp3) is 0.136. The van der Waals surface area contributed by atoms with Gasteiger partial charge < -0.3 is 5.32 Å². The van der Waals surface area contributed by atoms with Crippen LogP contribution in [0.5, 0.6) is 0 Å². The van der Waals surface area contributed by atoms with Crippen molar-refractivity contribution in [1.29, 1.82) is 0 Å². The average Bonchev–Trinajstić information content (AvgIpc) is 2.64. The Kier molecular flexibility index (Phi) is 5.24. The van der Waals surface area contributed by atoms with Gasteiger partial charge in [0.2, 0.25) is 5.91 Å². The molecule has 1 amide bonds. The van der Waals surface area contributed by atoms with Crippen LogP contribution in [0.15, 0.2) is 78.9 Å². The molecule has 0 spiro atoms. The lowest BCUT2D eigenvalue weighted by Crippen LogP contribution is -2.17. The summed E-state index contributed by atoms with van der Waals surface area (Å²) in [5.74, 6) is -0.701. The first-order valence-electron chi connectivity index (χ1n) is 8.29. The zero-order valence-electron chi connectivity index (χ0n) is 14.1. The lowest BCUT2D eigenvalue weighted by Gasteiger charge is -2.18. The van der Waals surface area contributed by atoms with Crippen molar-refractivity contribution in [2.75, 3.05) is 5.32 Å². The molecule has 0 unspecified atom stereocenters. The highest BCUT2D eigenvalue weighted by Crippen LogP contribution is 2.28. The van der Waals surface area contributed by atoms with Crippen LogP contribution in [0.4, 0.5) is 10.1 Å². The standard InChI is InChI=1S/C22H20FNO/c1-16-12-13-20(23)21(14-16)24-22(25)15-19(17-8-4-2-5-9-17)18-10-6-3-7-11-18/h2-14,19H,15H2,1H3,(H,24,25). The Balaban J connectivity index is 1.83. The summed E-state index contributed by atoms with van der Waals surface area (Å²) in [7, 11) is 0. The van der Waals surface area contributed by atoms with Crippen LogP contribution in [-0.2, 0) is 4.79 Å². The van der Waals surface area contributed by atoms with Gasteiger partial charge in [-0.2, -0.15) is 0 Å². The second-order valence-corrected chi connectivity index (χ2v) is 6.11. The predicted molar refractivity (Wildman–Crippen MR) is 99.1 cm³/mol. The third-order valence-electron chi connectivity index (χ3n) is 4.19. The van der Waals surface area contributed by atoms with E-state index in [1.165, 1.54) is 6.07 Å². The van der Waals surface area contributed by atoms with Gasteiger partial charge in [-0.1, -0.05) is 66.7 Å². The number of nitrogens with one attached hydrogen (secondary N) is 1. The third kappa shape index (κ3) is 4.32. The van der Waals surface area contributed by atoms with Gasteiger partial charge in [0.25, 0.3) is 0 Å². The van der Waals surface area contributed by atoms with E-state index in [0.29, 0.717) is 0 Å². The van der Waals surface area contributed by atoms with Crippen LogP contribution in [0.2, 0.25) is 0 Å². The molecule has 0 bridgehead atoms. The minimum atomic E-state index is -0.421. The highest BCUT2D eigenvalue weighted by molar-refractivity contribution is 5.91. The van der Waals surface area contributed by atoms with Crippen molar-refractivity contribution in [3.8, 4) is 0 Å². The smallest absolute Gasteiger partial charge is 0.225 e. The van der Waals surface area contributed by atoms with Crippen molar-refractivity contribution in [2.24, 2.45) is 0 Å². The Morgan fingerprint density at radius 2 is 1.48 bits per heavy atom. The van der Waals surface area contributed by atoms with Crippen molar-refractivity contribution in [2.45, 2.75) is 19.3 Å². The molecule has 3 aromatic carbocycles. The van der Waals surface area contributed by atoms with Crippen LogP contribution in [0.1, 0.15) is 29.0 Å². The number of hydrogen-bond donors (Lipinski definition) is 1. The first-order valence-corrected chi connectivity index (χ1v) is 8.29. The minimum Gasteiger partial charge on any atom is -0.324 e. The van der Waals surface area contributed by atoms with E-state index in [0.717, 1.165) is 16.7 Å². The Bertz CT molecular complexity index is 807. The van der Waals surface area contributed by atoms with Crippen molar-refractivity contribution < 1.29 is 9.18 Å². The first kappa shape index (κ1) is 16.9. The Morgan fingerprint density at radius 1 is 0.920 bits per heavy atom. The molecule has 0 aliphatic carbocycles. The predicted octanol–water partition coefficient (Wildman–Crippen LogP) is 5.29. The lowest BCUT2D eigenvalue weighted by atomic mass is 9.88. The summed E-state index contributed by atoms with van der Waals surface area (Å²) < 4.78 is 13.9. The number of hydrogen-bond acceptors (Lipinski definition) is 1. The summed E-state index contributed by atoms with van der Waals surface area (Å²) in [6.45, 7) is 1.87. The molecular weight excluding hydrogens is 313 g/mol. The number of aryl methyl sites for hydroxylation is 1. The minimum absolute atomic E-state index is 0.0738. The molecule has 2 nitrogen and oxygen atoms in total. The Labute approximate surface area is 147 Å². The molecule has 0 aliphatic rings. The fourth-order valence-corrected chi connectivity index (χ4v) is 2.92.